The van der Waals surface area contributed by atoms with Crippen LogP contribution in [0.5, 0.6) is 5.75 Å². The molecule has 1 saturated heterocycles. The van der Waals surface area contributed by atoms with Gasteiger partial charge in [-0.2, -0.15) is 0 Å². The molecule has 2 fully saturated rings. The van der Waals surface area contributed by atoms with Crippen molar-refractivity contribution in [2.24, 2.45) is 0 Å². The summed E-state index contributed by atoms with van der Waals surface area (Å²) >= 11 is 0. The molecule has 2 aliphatic carbocycles. The van der Waals surface area contributed by atoms with Gasteiger partial charge < -0.3 is 14.2 Å². The topological polar surface area (TPSA) is 84.7 Å². The first-order chi connectivity index (χ1) is 15.4. The number of methoxy groups -OCH3 is 1. The van der Waals surface area contributed by atoms with Crippen LogP contribution in [0.2, 0.25) is 0 Å². The van der Waals surface area contributed by atoms with Crippen molar-refractivity contribution in [1.82, 2.24) is 5.16 Å². The van der Waals surface area contributed by atoms with Crippen LogP contribution in [0, 0.1) is 0 Å². The van der Waals surface area contributed by atoms with Gasteiger partial charge in [0.25, 0.3) is 10.0 Å². The highest BCUT2D eigenvalue weighted by Crippen LogP contribution is 2.59. The van der Waals surface area contributed by atoms with E-state index in [9.17, 15) is 8.42 Å². The Bertz CT molecular complexity index is 1330. The first kappa shape index (κ1) is 19.7. The molecule has 3 aromatic rings. The van der Waals surface area contributed by atoms with Gasteiger partial charge in [0.1, 0.15) is 10.6 Å². The summed E-state index contributed by atoms with van der Waals surface area (Å²) in [6, 6.07) is 13.7. The van der Waals surface area contributed by atoms with Crippen molar-refractivity contribution in [2.45, 2.75) is 49.0 Å². The summed E-state index contributed by atoms with van der Waals surface area (Å²) in [5.41, 5.74) is 4.39. The number of nitrogens with one attached hydrogen (secondary N) is 1. The molecule has 7 nitrogen and oxygen atoms in total. The van der Waals surface area contributed by atoms with E-state index in [-0.39, 0.29) is 21.9 Å². The number of rotatable bonds is 5. The van der Waals surface area contributed by atoms with E-state index in [1.54, 1.807) is 18.2 Å². The van der Waals surface area contributed by atoms with Gasteiger partial charge in [-0.1, -0.05) is 23.4 Å². The van der Waals surface area contributed by atoms with Crippen molar-refractivity contribution in [3.8, 4) is 17.1 Å². The highest BCUT2D eigenvalue weighted by Gasteiger charge is 2.50. The largest absolute Gasteiger partial charge is 0.495 e. The summed E-state index contributed by atoms with van der Waals surface area (Å²) in [6.07, 6.45) is 4.09. The van der Waals surface area contributed by atoms with E-state index in [0.717, 1.165) is 36.9 Å². The Balaban J connectivity index is 1.41. The number of benzene rings is 2. The number of hydrogen-bond donors (Lipinski definition) is 1. The number of aromatic nitrogens is 1. The Kier molecular flexibility index (Phi) is 4.15. The van der Waals surface area contributed by atoms with Crippen LogP contribution >= 0.6 is 0 Å². The molecule has 3 aliphatic rings. The molecule has 166 valence electrons. The first-order valence-electron chi connectivity index (χ1n) is 11.0. The van der Waals surface area contributed by atoms with E-state index >= 15 is 0 Å². The van der Waals surface area contributed by atoms with Crippen LogP contribution in [-0.2, 0) is 21.9 Å². The molecule has 1 spiro atoms. The molecule has 0 unspecified atom stereocenters. The molecular formula is C24H25N3O4S. The van der Waals surface area contributed by atoms with E-state index < -0.39 is 10.0 Å². The summed E-state index contributed by atoms with van der Waals surface area (Å²) in [7, 11) is -2.43. The van der Waals surface area contributed by atoms with Crippen molar-refractivity contribution in [1.29, 1.82) is 0 Å². The third kappa shape index (κ3) is 2.85. The van der Waals surface area contributed by atoms with E-state index in [1.807, 2.05) is 0 Å². The van der Waals surface area contributed by atoms with Gasteiger partial charge in [0.05, 0.1) is 7.11 Å². The standard InChI is InChI=1S/C24H25N3O4S/c1-15-9-12-27(15)16-7-8-19-17(13-16)22-18(14-24(19)10-11-24)23(25-31-22)26-32(28,29)21-6-4-3-5-20(21)30-2/h3-8,13,15H,9-12,14H2,1-2H3,(H,25,26)/t15-/m0/s1. The second-order valence-corrected chi connectivity index (χ2v) is 10.8. The zero-order chi connectivity index (χ0) is 22.1. The normalized spacial score (nSPS) is 20.3. The Morgan fingerprint density at radius 2 is 2.03 bits per heavy atom. The van der Waals surface area contributed by atoms with E-state index in [4.69, 9.17) is 9.26 Å². The minimum atomic E-state index is -3.88. The molecule has 0 radical (unpaired) electrons. The molecule has 6 rings (SSSR count). The lowest BCUT2D eigenvalue weighted by atomic mass is 9.79. The fraction of sp³-hybridized carbons (Fsp3) is 0.375. The van der Waals surface area contributed by atoms with Gasteiger partial charge in [-0.25, -0.2) is 8.42 Å². The Morgan fingerprint density at radius 3 is 2.72 bits per heavy atom. The van der Waals surface area contributed by atoms with Crippen molar-refractivity contribution in [3.63, 3.8) is 0 Å². The fourth-order valence-electron chi connectivity index (χ4n) is 5.08. The fourth-order valence-corrected chi connectivity index (χ4v) is 6.28. The highest BCUT2D eigenvalue weighted by atomic mass is 32.2. The summed E-state index contributed by atoms with van der Waals surface area (Å²) in [5, 5.41) is 4.16. The van der Waals surface area contributed by atoms with Crippen molar-refractivity contribution in [2.75, 3.05) is 23.3 Å². The highest BCUT2D eigenvalue weighted by molar-refractivity contribution is 7.92. The number of anilines is 2. The molecule has 0 amide bonds. The third-order valence-electron chi connectivity index (χ3n) is 7.22. The molecule has 2 heterocycles. The van der Waals surface area contributed by atoms with E-state index in [1.165, 1.54) is 30.8 Å². The van der Waals surface area contributed by atoms with Crippen LogP contribution in [0.25, 0.3) is 11.3 Å². The second kappa shape index (κ2) is 6.75. The lowest BCUT2D eigenvalue weighted by Crippen LogP contribution is -2.45. The number of hydrogen-bond acceptors (Lipinski definition) is 6. The number of fused-ring (bicyclic) bond motifs is 4. The lowest BCUT2D eigenvalue weighted by molar-refractivity contribution is 0.403. The maximum atomic E-state index is 13.1. The Hall–Kier alpha value is -3.00. The monoisotopic (exact) mass is 451 g/mol. The van der Waals surface area contributed by atoms with Gasteiger partial charge in [0.15, 0.2) is 11.6 Å². The molecule has 1 aliphatic heterocycles. The van der Waals surface area contributed by atoms with Crippen LogP contribution < -0.4 is 14.4 Å². The molecule has 1 N–H and O–H groups in total. The Labute approximate surface area is 187 Å². The van der Waals surface area contributed by atoms with Crippen LogP contribution in [0.4, 0.5) is 11.5 Å². The summed E-state index contributed by atoms with van der Waals surface area (Å²) in [4.78, 5) is 2.46. The van der Waals surface area contributed by atoms with Gasteiger partial charge in [-0.05, 0) is 62.4 Å². The van der Waals surface area contributed by atoms with Crippen molar-refractivity contribution < 1.29 is 17.7 Å². The minimum Gasteiger partial charge on any atom is -0.495 e. The molecule has 1 atom stereocenters. The first-order valence-corrected chi connectivity index (χ1v) is 12.5. The minimum absolute atomic E-state index is 0.0532. The maximum absolute atomic E-state index is 13.1. The quantitative estimate of drug-likeness (QED) is 0.621. The SMILES string of the molecule is COc1ccccc1S(=O)(=O)Nc1noc2c1CC1(CC1)c1ccc(N3CC[C@@H]3C)cc1-2. The van der Waals surface area contributed by atoms with E-state index in [2.05, 4.69) is 39.9 Å². The maximum Gasteiger partial charge on any atom is 0.266 e. The van der Waals surface area contributed by atoms with Crippen LogP contribution in [0.3, 0.4) is 0 Å². The Morgan fingerprint density at radius 1 is 1.22 bits per heavy atom. The van der Waals surface area contributed by atoms with Crippen molar-refractivity contribution >= 4 is 21.5 Å². The zero-order valence-corrected chi connectivity index (χ0v) is 18.9. The molecule has 2 aromatic carbocycles. The predicted octanol–water partition coefficient (Wildman–Crippen LogP) is 4.34. The van der Waals surface area contributed by atoms with E-state index in [0.29, 0.717) is 11.8 Å². The number of nitrogens with zero attached hydrogens (tertiary/aromatic N) is 2. The molecule has 8 heteroatoms. The average molecular weight is 452 g/mol. The number of para-hydroxylation sites is 1. The predicted molar refractivity (Wildman–Crippen MR) is 122 cm³/mol. The molecule has 32 heavy (non-hydrogen) atoms. The molecular weight excluding hydrogens is 426 g/mol. The van der Waals surface area contributed by atoms with Gasteiger partial charge in [-0.3, -0.25) is 4.72 Å². The average Bonchev–Trinajstić information content (AvgIpc) is 3.45. The lowest BCUT2D eigenvalue weighted by Gasteiger charge is -2.41. The summed E-state index contributed by atoms with van der Waals surface area (Å²) in [6.45, 7) is 3.29. The smallest absolute Gasteiger partial charge is 0.266 e. The third-order valence-corrected chi connectivity index (χ3v) is 8.60. The number of sulfonamides is 1. The van der Waals surface area contributed by atoms with Gasteiger partial charge in [0.2, 0.25) is 0 Å². The van der Waals surface area contributed by atoms with Crippen LogP contribution in [0.1, 0.15) is 37.3 Å². The van der Waals surface area contributed by atoms with Gasteiger partial charge >= 0.3 is 0 Å². The molecule has 0 bridgehead atoms. The van der Waals surface area contributed by atoms with Gasteiger partial charge in [-0.15, -0.1) is 0 Å². The summed E-state index contributed by atoms with van der Waals surface area (Å²) < 4.78 is 39.9. The summed E-state index contributed by atoms with van der Waals surface area (Å²) in [5.74, 6) is 1.23. The van der Waals surface area contributed by atoms with Crippen molar-refractivity contribution in [3.05, 3.63) is 53.6 Å². The van der Waals surface area contributed by atoms with Crippen LogP contribution in [-0.4, -0.2) is 33.3 Å². The van der Waals surface area contributed by atoms with Gasteiger partial charge in [0, 0.05) is 34.8 Å². The number of ether oxygens (including phenoxy) is 1. The zero-order valence-electron chi connectivity index (χ0n) is 18.1. The van der Waals surface area contributed by atoms with Crippen LogP contribution in [0.15, 0.2) is 51.9 Å². The second-order valence-electron chi connectivity index (χ2n) is 9.11. The molecule has 1 aromatic heterocycles. The molecule has 1 saturated carbocycles.